The highest BCUT2D eigenvalue weighted by Gasteiger charge is 2.32. The van der Waals surface area contributed by atoms with Crippen molar-refractivity contribution in [1.82, 2.24) is 26.6 Å². The number of amides is 5. The number of carbonyl (C=O) groups excluding carboxylic acids is 5. The first-order valence-electron chi connectivity index (χ1n) is 15.2. The van der Waals surface area contributed by atoms with Gasteiger partial charge in [0.1, 0.15) is 24.2 Å². The predicted octanol–water partition coefficient (Wildman–Crippen LogP) is 0.910. The van der Waals surface area contributed by atoms with Gasteiger partial charge in [-0.25, -0.2) is 4.79 Å². The SMILES string of the molecule is CC[C@H](C)[C@H](NC(=O)[C@H](CC(C)C)NC(=O)c1ccco1)C(=O)NCC(=O)N[C@@H](CCCCN)C(=O)N[C@H](C(=O)O)C(C)C. The molecule has 0 saturated carbocycles. The highest BCUT2D eigenvalue weighted by molar-refractivity contribution is 5.97. The molecule has 0 fully saturated rings. The van der Waals surface area contributed by atoms with Crippen LogP contribution in [0.3, 0.4) is 0 Å². The van der Waals surface area contributed by atoms with Crippen LogP contribution in [0.4, 0.5) is 0 Å². The summed E-state index contributed by atoms with van der Waals surface area (Å²) in [4.78, 5) is 76.3. The molecular formula is C30H50N6O8. The molecule has 0 saturated heterocycles. The number of nitrogens with two attached hydrogens (primary N) is 1. The molecule has 8 N–H and O–H groups in total. The fraction of sp³-hybridized carbons (Fsp3) is 0.667. The zero-order valence-electron chi connectivity index (χ0n) is 26.6. The summed E-state index contributed by atoms with van der Waals surface area (Å²) < 4.78 is 5.12. The summed E-state index contributed by atoms with van der Waals surface area (Å²) in [6, 6.07) is -1.10. The minimum Gasteiger partial charge on any atom is -0.480 e. The molecule has 14 nitrogen and oxygen atoms in total. The average Bonchev–Trinajstić information content (AvgIpc) is 3.50. The van der Waals surface area contributed by atoms with Crippen molar-refractivity contribution in [2.45, 2.75) is 97.8 Å². The Labute approximate surface area is 259 Å². The van der Waals surface area contributed by atoms with Crippen LogP contribution in [0.1, 0.15) is 84.2 Å². The Balaban J connectivity index is 2.93. The minimum atomic E-state index is -1.19. The van der Waals surface area contributed by atoms with Crippen LogP contribution < -0.4 is 32.3 Å². The molecule has 0 unspecified atom stereocenters. The Kier molecular flexibility index (Phi) is 16.8. The smallest absolute Gasteiger partial charge is 0.326 e. The van der Waals surface area contributed by atoms with Crippen molar-refractivity contribution < 1.29 is 38.3 Å². The summed E-state index contributed by atoms with van der Waals surface area (Å²) in [5.74, 6) is -4.86. The quantitative estimate of drug-likeness (QED) is 0.103. The Hall–Kier alpha value is -3.94. The van der Waals surface area contributed by atoms with Crippen LogP contribution in [-0.2, 0) is 24.0 Å². The van der Waals surface area contributed by atoms with Crippen LogP contribution in [0, 0.1) is 17.8 Å². The molecule has 1 aromatic rings. The van der Waals surface area contributed by atoms with Crippen molar-refractivity contribution in [3.63, 3.8) is 0 Å². The first kappa shape index (κ1) is 38.1. The standard InChI is InChI=1S/C30H50N6O8/c1-7-19(6)25(36-27(39)21(15-17(2)3)34-28(40)22-12-10-14-44-22)29(41)32-16-23(37)33-20(11-8-9-13-31)26(38)35-24(18(4)5)30(42)43/h10,12,14,17-21,24-25H,7-9,11,13,15-16,31H2,1-6H3,(H,32,41)(H,33,37)(H,34,40)(H,35,38)(H,36,39)(H,42,43)/t19-,20-,21-,24-,25-/m0/s1. The second-order valence-electron chi connectivity index (χ2n) is 11.7. The van der Waals surface area contributed by atoms with E-state index in [9.17, 15) is 33.9 Å². The van der Waals surface area contributed by atoms with Crippen LogP contribution in [0.15, 0.2) is 22.8 Å². The highest BCUT2D eigenvalue weighted by atomic mass is 16.4. The summed E-state index contributed by atoms with van der Waals surface area (Å²) in [6.45, 7) is 10.6. The first-order valence-corrected chi connectivity index (χ1v) is 15.2. The number of furan rings is 1. The number of rotatable bonds is 20. The molecule has 0 spiro atoms. The Morgan fingerprint density at radius 1 is 0.864 bits per heavy atom. The van der Waals surface area contributed by atoms with E-state index >= 15 is 0 Å². The molecule has 0 aromatic carbocycles. The highest BCUT2D eigenvalue weighted by Crippen LogP contribution is 2.12. The fourth-order valence-electron chi connectivity index (χ4n) is 4.35. The van der Waals surface area contributed by atoms with E-state index in [1.54, 1.807) is 26.8 Å². The predicted molar refractivity (Wildman–Crippen MR) is 163 cm³/mol. The van der Waals surface area contributed by atoms with Gasteiger partial charge in [-0.05, 0) is 62.1 Å². The maximum atomic E-state index is 13.3. The number of unbranched alkanes of at least 4 members (excludes halogenated alkanes) is 1. The fourth-order valence-corrected chi connectivity index (χ4v) is 4.35. The number of carbonyl (C=O) groups is 6. The van der Waals surface area contributed by atoms with E-state index in [0.29, 0.717) is 32.2 Å². The number of hydrogen-bond donors (Lipinski definition) is 7. The molecule has 5 atom stereocenters. The zero-order chi connectivity index (χ0) is 33.4. The first-order chi connectivity index (χ1) is 20.7. The maximum absolute atomic E-state index is 13.3. The lowest BCUT2D eigenvalue weighted by Crippen LogP contribution is -2.57. The van der Waals surface area contributed by atoms with Crippen molar-refractivity contribution in [3.05, 3.63) is 24.2 Å². The van der Waals surface area contributed by atoms with Crippen molar-refractivity contribution in [3.8, 4) is 0 Å². The second-order valence-corrected chi connectivity index (χ2v) is 11.7. The monoisotopic (exact) mass is 622 g/mol. The third-order valence-electron chi connectivity index (χ3n) is 7.12. The van der Waals surface area contributed by atoms with Gasteiger partial charge in [0.25, 0.3) is 5.91 Å². The topological polar surface area (TPSA) is 222 Å². The Morgan fingerprint density at radius 3 is 2.02 bits per heavy atom. The number of nitrogens with one attached hydrogen (secondary N) is 5. The molecule has 0 aliphatic carbocycles. The molecule has 0 aliphatic rings. The third kappa shape index (κ3) is 13.1. The van der Waals surface area contributed by atoms with E-state index in [0.717, 1.165) is 0 Å². The van der Waals surface area contributed by atoms with E-state index in [2.05, 4.69) is 26.6 Å². The number of aliphatic carboxylic acids is 1. The number of hydrogen-bond acceptors (Lipinski definition) is 8. The zero-order valence-corrected chi connectivity index (χ0v) is 26.6. The third-order valence-corrected chi connectivity index (χ3v) is 7.12. The maximum Gasteiger partial charge on any atom is 0.326 e. The summed E-state index contributed by atoms with van der Waals surface area (Å²) in [5, 5.41) is 22.4. The van der Waals surface area contributed by atoms with E-state index in [4.69, 9.17) is 10.2 Å². The van der Waals surface area contributed by atoms with Crippen molar-refractivity contribution in [2.24, 2.45) is 23.5 Å². The van der Waals surface area contributed by atoms with Crippen LogP contribution >= 0.6 is 0 Å². The number of carboxylic acid groups (broad SMARTS) is 1. The molecule has 0 radical (unpaired) electrons. The van der Waals surface area contributed by atoms with Crippen molar-refractivity contribution in [2.75, 3.05) is 13.1 Å². The van der Waals surface area contributed by atoms with Crippen molar-refractivity contribution in [1.29, 1.82) is 0 Å². The Bertz CT molecular complexity index is 1090. The molecule has 0 bridgehead atoms. The Morgan fingerprint density at radius 2 is 1.50 bits per heavy atom. The lowest BCUT2D eigenvalue weighted by Gasteiger charge is -2.27. The van der Waals surface area contributed by atoms with Gasteiger partial charge in [-0.15, -0.1) is 0 Å². The van der Waals surface area contributed by atoms with Gasteiger partial charge < -0.3 is 41.8 Å². The summed E-state index contributed by atoms with van der Waals surface area (Å²) in [7, 11) is 0. The molecule has 44 heavy (non-hydrogen) atoms. The van der Waals surface area contributed by atoms with E-state index < -0.39 is 66.2 Å². The molecule has 14 heteroatoms. The largest absolute Gasteiger partial charge is 0.480 e. The molecule has 1 heterocycles. The average molecular weight is 623 g/mol. The van der Waals surface area contributed by atoms with Crippen LogP contribution in [0.2, 0.25) is 0 Å². The second kappa shape index (κ2) is 19.4. The molecular weight excluding hydrogens is 572 g/mol. The molecule has 0 aliphatic heterocycles. The summed E-state index contributed by atoms with van der Waals surface area (Å²) >= 11 is 0. The van der Waals surface area contributed by atoms with Crippen LogP contribution in [-0.4, -0.2) is 77.9 Å². The summed E-state index contributed by atoms with van der Waals surface area (Å²) in [6.07, 6.45) is 3.51. The normalized spacial score (nSPS) is 14.6. The van der Waals surface area contributed by atoms with Gasteiger partial charge in [-0.1, -0.05) is 48.0 Å². The van der Waals surface area contributed by atoms with Gasteiger partial charge in [-0.3, -0.25) is 24.0 Å². The van der Waals surface area contributed by atoms with Gasteiger partial charge in [-0.2, -0.15) is 0 Å². The molecule has 1 rings (SSSR count). The van der Waals surface area contributed by atoms with Gasteiger partial charge in [0.15, 0.2) is 5.76 Å². The lowest BCUT2D eigenvalue weighted by molar-refractivity contribution is -0.143. The van der Waals surface area contributed by atoms with Gasteiger partial charge in [0, 0.05) is 0 Å². The van der Waals surface area contributed by atoms with Crippen LogP contribution in [0.5, 0.6) is 0 Å². The van der Waals surface area contributed by atoms with E-state index in [1.165, 1.54) is 12.3 Å². The molecule has 1 aromatic heterocycles. The van der Waals surface area contributed by atoms with Crippen molar-refractivity contribution >= 4 is 35.5 Å². The van der Waals surface area contributed by atoms with Gasteiger partial charge in [0.2, 0.25) is 23.6 Å². The van der Waals surface area contributed by atoms with Gasteiger partial charge in [0.05, 0.1) is 12.8 Å². The van der Waals surface area contributed by atoms with Gasteiger partial charge >= 0.3 is 5.97 Å². The van der Waals surface area contributed by atoms with E-state index in [-0.39, 0.29) is 29.9 Å². The molecule has 5 amide bonds. The van der Waals surface area contributed by atoms with E-state index in [1.807, 2.05) is 20.8 Å². The number of carboxylic acids is 1. The molecule has 248 valence electrons. The minimum absolute atomic E-state index is 0.0449. The van der Waals surface area contributed by atoms with Crippen LogP contribution in [0.25, 0.3) is 0 Å². The summed E-state index contributed by atoms with van der Waals surface area (Å²) in [5.41, 5.74) is 5.55. The lowest BCUT2D eigenvalue weighted by atomic mass is 9.96.